The average molecular weight is 277 g/mol. The summed E-state index contributed by atoms with van der Waals surface area (Å²) in [5.74, 6) is -0.358. The Balaban J connectivity index is 2.75. The highest BCUT2D eigenvalue weighted by Gasteiger charge is 2.23. The monoisotopic (exact) mass is 277 g/mol. The molecule has 0 radical (unpaired) electrons. The van der Waals surface area contributed by atoms with E-state index in [0.29, 0.717) is 13.1 Å². The van der Waals surface area contributed by atoms with E-state index in [9.17, 15) is 9.59 Å². The van der Waals surface area contributed by atoms with Crippen LogP contribution in [0.4, 0.5) is 0 Å². The molecule has 0 saturated heterocycles. The maximum absolute atomic E-state index is 12.6. The number of hydrogen-bond acceptors (Lipinski definition) is 3. The van der Waals surface area contributed by atoms with E-state index in [1.165, 1.54) is 7.11 Å². The van der Waals surface area contributed by atoms with Gasteiger partial charge in [0.1, 0.15) is 0 Å². The molecule has 4 heteroatoms. The van der Waals surface area contributed by atoms with Crippen LogP contribution in [-0.2, 0) is 14.3 Å². The van der Waals surface area contributed by atoms with Gasteiger partial charge >= 0.3 is 5.97 Å². The lowest BCUT2D eigenvalue weighted by molar-refractivity contribution is -0.142. The summed E-state index contributed by atoms with van der Waals surface area (Å²) in [7, 11) is 1.36. The number of amides is 1. The first-order chi connectivity index (χ1) is 9.63. The zero-order chi connectivity index (χ0) is 15.0. The second-order valence-corrected chi connectivity index (χ2v) is 4.62. The minimum absolute atomic E-state index is 0.0742. The number of methoxy groups -OCH3 is 1. The van der Waals surface area contributed by atoms with Crippen molar-refractivity contribution in [2.75, 3.05) is 20.2 Å². The molecule has 110 valence electrons. The van der Waals surface area contributed by atoms with Crippen molar-refractivity contribution in [3.05, 3.63) is 35.9 Å². The predicted molar refractivity (Wildman–Crippen MR) is 78.4 cm³/mol. The Labute approximate surface area is 120 Å². The summed E-state index contributed by atoms with van der Waals surface area (Å²) in [6.07, 6.45) is 0.985. The molecule has 0 bridgehead atoms. The lowest BCUT2D eigenvalue weighted by Crippen LogP contribution is -2.36. The minimum Gasteiger partial charge on any atom is -0.469 e. The molecule has 0 aromatic heterocycles. The van der Waals surface area contributed by atoms with Crippen LogP contribution in [0.2, 0.25) is 0 Å². The van der Waals surface area contributed by atoms with Gasteiger partial charge in [-0.3, -0.25) is 9.59 Å². The highest BCUT2D eigenvalue weighted by molar-refractivity contribution is 5.84. The van der Waals surface area contributed by atoms with E-state index >= 15 is 0 Å². The Morgan fingerprint density at radius 1 is 1.20 bits per heavy atom. The van der Waals surface area contributed by atoms with Gasteiger partial charge in [0.05, 0.1) is 19.4 Å². The van der Waals surface area contributed by atoms with E-state index in [0.717, 1.165) is 12.0 Å². The van der Waals surface area contributed by atoms with Crippen LogP contribution in [0.25, 0.3) is 0 Å². The Bertz CT molecular complexity index is 431. The SMILES string of the molecule is CCC(C(=O)N(CC)CCC(=O)OC)c1ccccc1. The number of nitrogens with zero attached hydrogens (tertiary/aromatic N) is 1. The summed E-state index contributed by atoms with van der Waals surface area (Å²) >= 11 is 0. The molecule has 1 aromatic carbocycles. The number of likely N-dealkylation sites (N-methyl/N-ethyl adjacent to an activating group) is 1. The summed E-state index contributed by atoms with van der Waals surface area (Å²) in [6.45, 7) is 4.93. The Hall–Kier alpha value is -1.84. The maximum atomic E-state index is 12.6. The third-order valence-electron chi connectivity index (χ3n) is 3.42. The maximum Gasteiger partial charge on any atom is 0.307 e. The van der Waals surface area contributed by atoms with E-state index < -0.39 is 0 Å². The van der Waals surface area contributed by atoms with Gasteiger partial charge in [-0.05, 0) is 18.9 Å². The van der Waals surface area contributed by atoms with Gasteiger partial charge in [0.2, 0.25) is 5.91 Å². The van der Waals surface area contributed by atoms with Gasteiger partial charge < -0.3 is 9.64 Å². The largest absolute Gasteiger partial charge is 0.469 e. The van der Waals surface area contributed by atoms with Crippen LogP contribution in [0.15, 0.2) is 30.3 Å². The van der Waals surface area contributed by atoms with Crippen LogP contribution < -0.4 is 0 Å². The molecular weight excluding hydrogens is 254 g/mol. The molecule has 0 aliphatic carbocycles. The van der Waals surface area contributed by atoms with Crippen LogP contribution in [0.1, 0.15) is 38.2 Å². The van der Waals surface area contributed by atoms with Crippen LogP contribution in [0.3, 0.4) is 0 Å². The third kappa shape index (κ3) is 4.37. The standard InChI is InChI=1S/C16H23NO3/c1-4-14(13-9-7-6-8-10-13)16(19)17(5-2)12-11-15(18)20-3/h6-10,14H,4-5,11-12H2,1-3H3. The fourth-order valence-electron chi connectivity index (χ4n) is 2.21. The summed E-state index contributed by atoms with van der Waals surface area (Å²) in [6, 6.07) is 9.77. The van der Waals surface area contributed by atoms with Crippen molar-refractivity contribution in [1.82, 2.24) is 4.90 Å². The molecule has 1 unspecified atom stereocenters. The number of rotatable bonds is 7. The second kappa shape index (κ2) is 8.35. The zero-order valence-electron chi connectivity index (χ0n) is 12.5. The van der Waals surface area contributed by atoms with Gasteiger partial charge in [-0.1, -0.05) is 37.3 Å². The first-order valence-corrected chi connectivity index (χ1v) is 7.04. The molecular formula is C16H23NO3. The first kappa shape index (κ1) is 16.2. The molecule has 0 spiro atoms. The molecule has 20 heavy (non-hydrogen) atoms. The molecule has 1 amide bonds. The molecule has 1 rings (SSSR count). The quantitative estimate of drug-likeness (QED) is 0.720. The van der Waals surface area contributed by atoms with Gasteiger partial charge in [-0.2, -0.15) is 0 Å². The second-order valence-electron chi connectivity index (χ2n) is 4.62. The molecule has 0 fully saturated rings. The Kier molecular flexibility index (Phi) is 6.77. The number of carbonyl (C=O) groups is 2. The summed E-state index contributed by atoms with van der Waals surface area (Å²) in [4.78, 5) is 25.5. The van der Waals surface area contributed by atoms with E-state index in [-0.39, 0.29) is 24.2 Å². The number of benzene rings is 1. The van der Waals surface area contributed by atoms with E-state index in [2.05, 4.69) is 4.74 Å². The molecule has 0 saturated carbocycles. The van der Waals surface area contributed by atoms with Gasteiger partial charge in [-0.25, -0.2) is 0 Å². The third-order valence-corrected chi connectivity index (χ3v) is 3.42. The Morgan fingerprint density at radius 2 is 1.85 bits per heavy atom. The molecule has 1 aromatic rings. The van der Waals surface area contributed by atoms with Crippen LogP contribution in [0.5, 0.6) is 0 Å². The Morgan fingerprint density at radius 3 is 2.35 bits per heavy atom. The highest BCUT2D eigenvalue weighted by atomic mass is 16.5. The van der Waals surface area contributed by atoms with Gasteiger partial charge in [0.15, 0.2) is 0 Å². The smallest absolute Gasteiger partial charge is 0.307 e. The lowest BCUT2D eigenvalue weighted by atomic mass is 9.95. The fraction of sp³-hybridized carbons (Fsp3) is 0.500. The van der Waals surface area contributed by atoms with Crippen LogP contribution in [-0.4, -0.2) is 37.0 Å². The van der Waals surface area contributed by atoms with Gasteiger partial charge in [0, 0.05) is 13.1 Å². The molecule has 0 aliphatic heterocycles. The van der Waals surface area contributed by atoms with E-state index in [1.807, 2.05) is 44.2 Å². The van der Waals surface area contributed by atoms with Gasteiger partial charge in [0.25, 0.3) is 0 Å². The normalized spacial score (nSPS) is 11.8. The summed E-state index contributed by atoms with van der Waals surface area (Å²) in [5.41, 5.74) is 1.02. The van der Waals surface area contributed by atoms with Crippen molar-refractivity contribution in [3.63, 3.8) is 0 Å². The van der Waals surface area contributed by atoms with Crippen LogP contribution >= 0.6 is 0 Å². The van der Waals surface area contributed by atoms with Crippen molar-refractivity contribution in [3.8, 4) is 0 Å². The highest BCUT2D eigenvalue weighted by Crippen LogP contribution is 2.22. The molecule has 0 heterocycles. The molecule has 1 atom stereocenters. The fourth-order valence-corrected chi connectivity index (χ4v) is 2.21. The number of carbonyl (C=O) groups excluding carboxylic acids is 2. The predicted octanol–water partition coefficient (Wildman–Crippen LogP) is 2.59. The summed E-state index contributed by atoms with van der Waals surface area (Å²) in [5, 5.41) is 0. The van der Waals surface area contributed by atoms with Crippen molar-refractivity contribution in [2.24, 2.45) is 0 Å². The molecule has 4 nitrogen and oxygen atoms in total. The lowest BCUT2D eigenvalue weighted by Gasteiger charge is -2.25. The molecule has 0 aliphatic rings. The van der Waals surface area contributed by atoms with Crippen LogP contribution in [0, 0.1) is 0 Å². The van der Waals surface area contributed by atoms with Gasteiger partial charge in [-0.15, -0.1) is 0 Å². The number of esters is 1. The topological polar surface area (TPSA) is 46.6 Å². The van der Waals surface area contributed by atoms with E-state index in [4.69, 9.17) is 0 Å². The van der Waals surface area contributed by atoms with Crippen molar-refractivity contribution < 1.29 is 14.3 Å². The van der Waals surface area contributed by atoms with Crippen molar-refractivity contribution >= 4 is 11.9 Å². The number of hydrogen-bond donors (Lipinski definition) is 0. The minimum atomic E-state index is -0.288. The summed E-state index contributed by atoms with van der Waals surface area (Å²) < 4.78 is 4.62. The average Bonchev–Trinajstić information content (AvgIpc) is 2.49. The van der Waals surface area contributed by atoms with Crippen molar-refractivity contribution in [2.45, 2.75) is 32.6 Å². The zero-order valence-corrected chi connectivity index (χ0v) is 12.5. The number of ether oxygens (including phenoxy) is 1. The molecule has 0 N–H and O–H groups in total. The van der Waals surface area contributed by atoms with Crippen molar-refractivity contribution in [1.29, 1.82) is 0 Å². The van der Waals surface area contributed by atoms with E-state index in [1.54, 1.807) is 4.90 Å². The first-order valence-electron chi connectivity index (χ1n) is 7.04.